The Morgan fingerprint density at radius 1 is 0.484 bits per heavy atom. The van der Waals surface area contributed by atoms with Gasteiger partial charge in [0.05, 0.1) is 0 Å². The number of rotatable bonds is 18. The van der Waals surface area contributed by atoms with Crippen molar-refractivity contribution < 1.29 is 0 Å². The molecule has 0 unspecified atom stereocenters. The predicted molar refractivity (Wildman–Crippen MR) is 135 cm³/mol. The smallest absolute Gasteiger partial charge is 0.159 e. The second-order valence-electron chi connectivity index (χ2n) is 9.21. The Morgan fingerprint density at radius 3 is 1.39 bits per heavy atom. The third-order valence-corrected chi connectivity index (χ3v) is 6.31. The molecule has 2 aromatic rings. The molecule has 172 valence electrons. The molecule has 2 heteroatoms. The van der Waals surface area contributed by atoms with E-state index in [1.807, 2.05) is 12.4 Å². The second-order valence-corrected chi connectivity index (χ2v) is 9.21. The average molecular weight is 423 g/mol. The summed E-state index contributed by atoms with van der Waals surface area (Å²) in [5, 5.41) is 0. The lowest BCUT2D eigenvalue weighted by Gasteiger charge is -2.06. The number of nitrogens with zero attached hydrogens (tertiary/aromatic N) is 2. The standard InChI is InChI=1S/C29H46N2/c1-3-5-7-9-11-12-13-15-17-19-27-24-30-29(31-25-27)28-22-20-26(21-23-28)18-16-14-10-8-6-4-2/h20-25H,3-19H2,1-2H3. The molecule has 0 fully saturated rings. The highest BCUT2D eigenvalue weighted by molar-refractivity contribution is 5.55. The Hall–Kier alpha value is -1.70. The van der Waals surface area contributed by atoms with Crippen molar-refractivity contribution in [2.45, 2.75) is 123 Å². The predicted octanol–water partition coefficient (Wildman–Crippen LogP) is 9.12. The van der Waals surface area contributed by atoms with Gasteiger partial charge in [-0.2, -0.15) is 0 Å². The van der Waals surface area contributed by atoms with Gasteiger partial charge < -0.3 is 0 Å². The van der Waals surface area contributed by atoms with Crippen LogP contribution in [0.15, 0.2) is 36.7 Å². The van der Waals surface area contributed by atoms with E-state index in [4.69, 9.17) is 0 Å². The molecule has 0 atom stereocenters. The maximum Gasteiger partial charge on any atom is 0.159 e. The van der Waals surface area contributed by atoms with Crippen LogP contribution in [-0.4, -0.2) is 9.97 Å². The molecule has 0 amide bonds. The summed E-state index contributed by atoms with van der Waals surface area (Å²) in [4.78, 5) is 9.26. The van der Waals surface area contributed by atoms with Gasteiger partial charge >= 0.3 is 0 Å². The van der Waals surface area contributed by atoms with E-state index in [9.17, 15) is 0 Å². The van der Waals surface area contributed by atoms with Gasteiger partial charge in [-0.3, -0.25) is 0 Å². The first kappa shape index (κ1) is 25.6. The molecule has 1 aromatic heterocycles. The van der Waals surface area contributed by atoms with Crippen LogP contribution >= 0.6 is 0 Å². The zero-order chi connectivity index (χ0) is 22.0. The molecule has 31 heavy (non-hydrogen) atoms. The molecular formula is C29H46N2. The van der Waals surface area contributed by atoms with E-state index in [0.717, 1.165) is 17.8 Å². The third-order valence-electron chi connectivity index (χ3n) is 6.31. The molecule has 0 bridgehead atoms. The van der Waals surface area contributed by atoms with Gasteiger partial charge in [-0.25, -0.2) is 9.97 Å². The first-order valence-corrected chi connectivity index (χ1v) is 13.2. The molecule has 0 spiro atoms. The van der Waals surface area contributed by atoms with E-state index in [2.05, 4.69) is 48.1 Å². The monoisotopic (exact) mass is 422 g/mol. The molecule has 1 heterocycles. The average Bonchev–Trinajstić information content (AvgIpc) is 2.81. The summed E-state index contributed by atoms with van der Waals surface area (Å²) in [5.74, 6) is 0.849. The molecule has 1 aromatic carbocycles. The molecule has 0 saturated heterocycles. The lowest BCUT2D eigenvalue weighted by atomic mass is 10.0. The highest BCUT2D eigenvalue weighted by Gasteiger charge is 2.03. The van der Waals surface area contributed by atoms with Crippen molar-refractivity contribution in [3.63, 3.8) is 0 Å². The van der Waals surface area contributed by atoms with E-state index in [1.54, 1.807) is 0 Å². The Labute approximate surface area is 192 Å². The highest BCUT2D eigenvalue weighted by Crippen LogP contribution is 2.18. The van der Waals surface area contributed by atoms with Gasteiger partial charge in [0.1, 0.15) is 0 Å². The lowest BCUT2D eigenvalue weighted by Crippen LogP contribution is -1.94. The number of aryl methyl sites for hydroxylation is 2. The van der Waals surface area contributed by atoms with Crippen molar-refractivity contribution in [3.05, 3.63) is 47.8 Å². The van der Waals surface area contributed by atoms with Crippen LogP contribution in [0.2, 0.25) is 0 Å². The second kappa shape index (κ2) is 16.9. The van der Waals surface area contributed by atoms with E-state index in [0.29, 0.717) is 0 Å². The van der Waals surface area contributed by atoms with E-state index in [-0.39, 0.29) is 0 Å². The lowest BCUT2D eigenvalue weighted by molar-refractivity contribution is 0.564. The van der Waals surface area contributed by atoms with Crippen molar-refractivity contribution in [2.75, 3.05) is 0 Å². The maximum atomic E-state index is 4.63. The molecule has 2 nitrogen and oxygen atoms in total. The molecule has 0 aliphatic rings. The fourth-order valence-electron chi connectivity index (χ4n) is 4.20. The molecule has 0 saturated carbocycles. The number of hydrogen-bond acceptors (Lipinski definition) is 2. The molecular weight excluding hydrogens is 376 g/mol. The van der Waals surface area contributed by atoms with Crippen LogP contribution in [0.5, 0.6) is 0 Å². The van der Waals surface area contributed by atoms with Crippen LogP contribution in [-0.2, 0) is 12.8 Å². The number of benzene rings is 1. The summed E-state index contributed by atoms with van der Waals surface area (Å²) in [6, 6.07) is 8.87. The van der Waals surface area contributed by atoms with E-state index < -0.39 is 0 Å². The number of aromatic nitrogens is 2. The van der Waals surface area contributed by atoms with Gasteiger partial charge in [0, 0.05) is 18.0 Å². The Kier molecular flexibility index (Phi) is 14.0. The summed E-state index contributed by atoms with van der Waals surface area (Å²) in [7, 11) is 0. The topological polar surface area (TPSA) is 25.8 Å². The first-order chi connectivity index (χ1) is 15.3. The minimum absolute atomic E-state index is 0.849. The van der Waals surface area contributed by atoms with Crippen LogP contribution in [0.4, 0.5) is 0 Å². The first-order valence-electron chi connectivity index (χ1n) is 13.2. The van der Waals surface area contributed by atoms with Crippen LogP contribution in [0.25, 0.3) is 11.4 Å². The van der Waals surface area contributed by atoms with Crippen LogP contribution in [0.1, 0.15) is 121 Å². The summed E-state index contributed by atoms with van der Waals surface area (Å²) in [5.41, 5.74) is 3.83. The molecule has 0 aliphatic heterocycles. The minimum atomic E-state index is 0.849. The fraction of sp³-hybridized carbons (Fsp3) is 0.655. The molecule has 2 rings (SSSR count). The third kappa shape index (κ3) is 11.5. The molecule has 0 radical (unpaired) electrons. The maximum absolute atomic E-state index is 4.63. The van der Waals surface area contributed by atoms with Crippen molar-refractivity contribution >= 4 is 0 Å². The zero-order valence-electron chi connectivity index (χ0n) is 20.4. The van der Waals surface area contributed by atoms with Gasteiger partial charge in [-0.15, -0.1) is 0 Å². The summed E-state index contributed by atoms with van der Waals surface area (Å²) in [6.45, 7) is 4.56. The van der Waals surface area contributed by atoms with Crippen LogP contribution in [0, 0.1) is 0 Å². The van der Waals surface area contributed by atoms with Gasteiger partial charge in [0.15, 0.2) is 5.82 Å². The Morgan fingerprint density at radius 2 is 0.903 bits per heavy atom. The van der Waals surface area contributed by atoms with Crippen molar-refractivity contribution in [1.29, 1.82) is 0 Å². The van der Waals surface area contributed by atoms with E-state index in [1.165, 1.54) is 114 Å². The highest BCUT2D eigenvalue weighted by atomic mass is 14.9. The largest absolute Gasteiger partial charge is 0.236 e. The van der Waals surface area contributed by atoms with Gasteiger partial charge in [-0.05, 0) is 36.8 Å². The summed E-state index contributed by atoms with van der Waals surface area (Å²) in [6.07, 6.45) is 26.8. The number of hydrogen-bond donors (Lipinski definition) is 0. The van der Waals surface area contributed by atoms with Crippen LogP contribution < -0.4 is 0 Å². The molecule has 0 aliphatic carbocycles. The van der Waals surface area contributed by atoms with Crippen molar-refractivity contribution in [1.82, 2.24) is 9.97 Å². The van der Waals surface area contributed by atoms with Gasteiger partial charge in [0.2, 0.25) is 0 Å². The fourth-order valence-corrected chi connectivity index (χ4v) is 4.20. The van der Waals surface area contributed by atoms with Gasteiger partial charge in [0.25, 0.3) is 0 Å². The summed E-state index contributed by atoms with van der Waals surface area (Å²) < 4.78 is 0. The Bertz CT molecular complexity index is 660. The van der Waals surface area contributed by atoms with E-state index >= 15 is 0 Å². The SMILES string of the molecule is CCCCCCCCCCCc1cnc(-c2ccc(CCCCCCCC)cc2)nc1. The van der Waals surface area contributed by atoms with Crippen LogP contribution in [0.3, 0.4) is 0 Å². The normalized spacial score (nSPS) is 11.2. The Balaban J connectivity index is 1.62. The zero-order valence-corrected chi connectivity index (χ0v) is 20.4. The number of unbranched alkanes of at least 4 members (excludes halogenated alkanes) is 13. The van der Waals surface area contributed by atoms with Crippen molar-refractivity contribution in [3.8, 4) is 11.4 Å². The summed E-state index contributed by atoms with van der Waals surface area (Å²) >= 11 is 0. The van der Waals surface area contributed by atoms with Gasteiger partial charge in [-0.1, -0.05) is 122 Å². The van der Waals surface area contributed by atoms with Crippen molar-refractivity contribution in [2.24, 2.45) is 0 Å². The minimum Gasteiger partial charge on any atom is -0.236 e. The molecule has 0 N–H and O–H groups in total. The quantitative estimate of drug-likeness (QED) is 0.224.